The maximum Gasteiger partial charge on any atom is 0.387 e. The Labute approximate surface area is 122 Å². The molecule has 1 aliphatic rings. The van der Waals surface area contributed by atoms with E-state index in [1.165, 1.54) is 5.56 Å². The summed E-state index contributed by atoms with van der Waals surface area (Å²) in [5, 5.41) is 3.29. The molecule has 0 amide bonds. The molecule has 2 nitrogen and oxygen atoms in total. The number of hydrogen-bond donors (Lipinski definition) is 1. The Hall–Kier alpha value is -2.10. The summed E-state index contributed by atoms with van der Waals surface area (Å²) in [6.45, 7) is -2.80. The zero-order chi connectivity index (χ0) is 14.7. The second-order valence-corrected chi connectivity index (χ2v) is 5.29. The molecule has 4 heteroatoms. The van der Waals surface area contributed by atoms with Crippen LogP contribution in [-0.4, -0.2) is 12.7 Å². The summed E-state index contributed by atoms with van der Waals surface area (Å²) in [6.07, 6.45) is 2.01. The lowest BCUT2D eigenvalue weighted by Gasteiger charge is -2.37. The highest BCUT2D eigenvalue weighted by Gasteiger charge is 2.30. The van der Waals surface area contributed by atoms with Crippen LogP contribution < -0.4 is 10.1 Å². The van der Waals surface area contributed by atoms with Crippen LogP contribution in [0.1, 0.15) is 24.3 Å². The summed E-state index contributed by atoms with van der Waals surface area (Å²) >= 11 is 0. The van der Waals surface area contributed by atoms with Gasteiger partial charge in [0.1, 0.15) is 5.75 Å². The maximum atomic E-state index is 12.4. The number of ether oxygens (including phenoxy) is 1. The van der Waals surface area contributed by atoms with E-state index in [2.05, 4.69) is 22.2 Å². The zero-order valence-corrected chi connectivity index (χ0v) is 11.5. The molecule has 0 unspecified atom stereocenters. The fourth-order valence-electron chi connectivity index (χ4n) is 2.74. The molecule has 1 aliphatic carbocycles. The molecule has 0 radical (unpaired) electrons. The molecule has 1 saturated carbocycles. The van der Waals surface area contributed by atoms with Gasteiger partial charge in [0.15, 0.2) is 0 Å². The SMILES string of the molecule is FC(F)Oc1ccccc1NC1CC(c2ccccc2)C1. The Morgan fingerprint density at radius 1 is 0.952 bits per heavy atom. The molecule has 21 heavy (non-hydrogen) atoms. The maximum absolute atomic E-state index is 12.4. The van der Waals surface area contributed by atoms with Gasteiger partial charge in [0.25, 0.3) is 0 Å². The monoisotopic (exact) mass is 289 g/mol. The van der Waals surface area contributed by atoms with Crippen molar-refractivity contribution in [3.05, 3.63) is 60.2 Å². The molecule has 2 aromatic carbocycles. The summed E-state index contributed by atoms with van der Waals surface area (Å²) in [5.41, 5.74) is 1.97. The third-order valence-electron chi connectivity index (χ3n) is 3.87. The zero-order valence-electron chi connectivity index (χ0n) is 11.5. The van der Waals surface area contributed by atoms with E-state index in [0.29, 0.717) is 17.6 Å². The number of alkyl halides is 2. The van der Waals surface area contributed by atoms with Crippen LogP contribution in [0, 0.1) is 0 Å². The molecule has 1 fully saturated rings. The van der Waals surface area contributed by atoms with E-state index in [-0.39, 0.29) is 5.75 Å². The van der Waals surface area contributed by atoms with Gasteiger partial charge in [0.05, 0.1) is 5.69 Å². The number of rotatable bonds is 5. The molecule has 0 atom stereocenters. The molecule has 110 valence electrons. The quantitative estimate of drug-likeness (QED) is 0.865. The molecule has 0 heterocycles. The average Bonchev–Trinajstić information content (AvgIpc) is 2.44. The topological polar surface area (TPSA) is 21.3 Å². The van der Waals surface area contributed by atoms with Crippen LogP contribution in [0.25, 0.3) is 0 Å². The highest BCUT2D eigenvalue weighted by Crippen LogP contribution is 2.39. The van der Waals surface area contributed by atoms with Gasteiger partial charge in [-0.1, -0.05) is 42.5 Å². The van der Waals surface area contributed by atoms with Gasteiger partial charge in [0, 0.05) is 6.04 Å². The van der Waals surface area contributed by atoms with Crippen molar-refractivity contribution >= 4 is 5.69 Å². The van der Waals surface area contributed by atoms with E-state index >= 15 is 0 Å². The Bertz CT molecular complexity index is 582. The summed E-state index contributed by atoms with van der Waals surface area (Å²) < 4.78 is 29.3. The van der Waals surface area contributed by atoms with Crippen molar-refractivity contribution in [2.24, 2.45) is 0 Å². The first-order valence-electron chi connectivity index (χ1n) is 7.07. The van der Waals surface area contributed by atoms with Gasteiger partial charge in [-0.25, -0.2) is 0 Å². The lowest BCUT2D eigenvalue weighted by Crippen LogP contribution is -2.34. The first kappa shape index (κ1) is 13.9. The molecule has 0 aliphatic heterocycles. The number of halogens is 2. The minimum absolute atomic E-state index is 0.204. The first-order chi connectivity index (χ1) is 10.2. The molecule has 1 N–H and O–H groups in total. The summed E-state index contributed by atoms with van der Waals surface area (Å²) in [6, 6.07) is 17.5. The molecule has 3 rings (SSSR count). The minimum atomic E-state index is -2.80. The van der Waals surface area contributed by atoms with Gasteiger partial charge in [-0.3, -0.25) is 0 Å². The van der Waals surface area contributed by atoms with Crippen LogP contribution >= 0.6 is 0 Å². The lowest BCUT2D eigenvalue weighted by atomic mass is 9.76. The smallest absolute Gasteiger partial charge is 0.387 e. The Morgan fingerprint density at radius 2 is 1.62 bits per heavy atom. The summed E-state index contributed by atoms with van der Waals surface area (Å²) in [4.78, 5) is 0. The van der Waals surface area contributed by atoms with E-state index in [1.54, 1.807) is 18.2 Å². The van der Waals surface area contributed by atoms with Crippen molar-refractivity contribution in [2.75, 3.05) is 5.32 Å². The molecule has 0 bridgehead atoms. The predicted octanol–water partition coefficient (Wildman–Crippen LogP) is 4.65. The largest absolute Gasteiger partial charge is 0.433 e. The molecule has 0 aromatic heterocycles. The second-order valence-electron chi connectivity index (χ2n) is 5.29. The van der Waals surface area contributed by atoms with E-state index in [0.717, 1.165) is 12.8 Å². The standard InChI is InChI=1S/C17H17F2NO/c18-17(19)21-16-9-5-4-8-15(16)20-14-10-13(11-14)12-6-2-1-3-7-12/h1-9,13-14,17,20H,10-11H2. The highest BCUT2D eigenvalue weighted by atomic mass is 19.3. The van der Waals surface area contributed by atoms with Gasteiger partial charge in [-0.2, -0.15) is 8.78 Å². The van der Waals surface area contributed by atoms with E-state index < -0.39 is 6.61 Å². The third kappa shape index (κ3) is 3.32. The molecule has 0 saturated heterocycles. The number of para-hydroxylation sites is 2. The van der Waals surface area contributed by atoms with Gasteiger partial charge in [-0.05, 0) is 36.5 Å². The van der Waals surface area contributed by atoms with Crippen LogP contribution in [0.2, 0.25) is 0 Å². The van der Waals surface area contributed by atoms with Crippen molar-refractivity contribution in [3.8, 4) is 5.75 Å². The molecular formula is C17H17F2NO. The molecule has 2 aromatic rings. The molecule has 0 spiro atoms. The van der Waals surface area contributed by atoms with Gasteiger partial charge >= 0.3 is 6.61 Å². The van der Waals surface area contributed by atoms with E-state index in [4.69, 9.17) is 0 Å². The Kier molecular flexibility index (Phi) is 4.04. The van der Waals surface area contributed by atoms with Crippen molar-refractivity contribution < 1.29 is 13.5 Å². The van der Waals surface area contributed by atoms with Crippen LogP contribution in [-0.2, 0) is 0 Å². The van der Waals surface area contributed by atoms with Gasteiger partial charge < -0.3 is 10.1 Å². The van der Waals surface area contributed by atoms with Crippen LogP contribution in [0.5, 0.6) is 5.75 Å². The third-order valence-corrected chi connectivity index (χ3v) is 3.87. The number of nitrogens with one attached hydrogen (secondary N) is 1. The van der Waals surface area contributed by atoms with Gasteiger partial charge in [-0.15, -0.1) is 0 Å². The summed E-state index contributed by atoms with van der Waals surface area (Å²) in [5.74, 6) is 0.752. The van der Waals surface area contributed by atoms with Crippen LogP contribution in [0.4, 0.5) is 14.5 Å². The minimum Gasteiger partial charge on any atom is -0.433 e. The molecular weight excluding hydrogens is 272 g/mol. The average molecular weight is 289 g/mol. The number of anilines is 1. The van der Waals surface area contributed by atoms with Crippen molar-refractivity contribution in [3.63, 3.8) is 0 Å². The fraction of sp³-hybridized carbons (Fsp3) is 0.294. The summed E-state index contributed by atoms with van der Waals surface area (Å²) in [7, 11) is 0. The number of benzene rings is 2. The van der Waals surface area contributed by atoms with Crippen LogP contribution in [0.15, 0.2) is 54.6 Å². The van der Waals surface area contributed by atoms with Crippen LogP contribution in [0.3, 0.4) is 0 Å². The fourth-order valence-corrected chi connectivity index (χ4v) is 2.74. The van der Waals surface area contributed by atoms with E-state index in [1.807, 2.05) is 24.3 Å². The second kappa shape index (κ2) is 6.12. The van der Waals surface area contributed by atoms with E-state index in [9.17, 15) is 8.78 Å². The highest BCUT2D eigenvalue weighted by molar-refractivity contribution is 5.57. The predicted molar refractivity (Wildman–Crippen MR) is 78.9 cm³/mol. The normalized spacial score (nSPS) is 20.9. The van der Waals surface area contributed by atoms with Crippen molar-refractivity contribution in [1.29, 1.82) is 0 Å². The van der Waals surface area contributed by atoms with Gasteiger partial charge in [0.2, 0.25) is 0 Å². The Morgan fingerprint density at radius 3 is 2.33 bits per heavy atom. The van der Waals surface area contributed by atoms with Crippen molar-refractivity contribution in [1.82, 2.24) is 0 Å². The Balaban J connectivity index is 1.60. The lowest BCUT2D eigenvalue weighted by molar-refractivity contribution is -0.0494. The van der Waals surface area contributed by atoms with Crippen molar-refractivity contribution in [2.45, 2.75) is 31.4 Å². The first-order valence-corrected chi connectivity index (χ1v) is 7.07. The number of hydrogen-bond acceptors (Lipinski definition) is 2.